The molecule has 0 atom stereocenters. The summed E-state index contributed by atoms with van der Waals surface area (Å²) in [5.41, 5.74) is 14.3. The van der Waals surface area contributed by atoms with Crippen LogP contribution in [0.25, 0.3) is 105 Å². The van der Waals surface area contributed by atoms with Gasteiger partial charge in [-0.3, -0.25) is 4.98 Å². The summed E-state index contributed by atoms with van der Waals surface area (Å²) < 4.78 is 60.8. The van der Waals surface area contributed by atoms with Gasteiger partial charge in [0.1, 0.15) is 16.7 Å². The predicted molar refractivity (Wildman–Crippen MR) is 288 cm³/mol. The first-order chi connectivity index (χ1) is 35.7. The molecule has 0 aliphatic heterocycles. The summed E-state index contributed by atoms with van der Waals surface area (Å²) >= 11 is 0. The van der Waals surface area contributed by atoms with Gasteiger partial charge in [0, 0.05) is 61.8 Å². The molecule has 1 radical (unpaired) electrons. The summed E-state index contributed by atoms with van der Waals surface area (Å²) in [5.74, 6) is 1.31. The molecule has 0 fully saturated rings. The molecule has 4 aromatic heterocycles. The van der Waals surface area contributed by atoms with Crippen LogP contribution in [0, 0.1) is 25.8 Å². The van der Waals surface area contributed by atoms with E-state index >= 15 is 0 Å². The van der Waals surface area contributed by atoms with Crippen LogP contribution in [0.3, 0.4) is 0 Å². The van der Waals surface area contributed by atoms with Gasteiger partial charge < -0.3 is 18.4 Å². The van der Waals surface area contributed by atoms with Crippen molar-refractivity contribution in [1.29, 1.82) is 0 Å². The number of aromatic nitrogens is 3. The first kappa shape index (κ1) is 39.7. The Hall–Kier alpha value is -7.11. The fourth-order valence-electron chi connectivity index (χ4n) is 9.77. The molecule has 0 spiro atoms. The van der Waals surface area contributed by atoms with E-state index in [1.54, 1.807) is 12.1 Å². The van der Waals surface area contributed by atoms with Crippen molar-refractivity contribution < 1.29 is 37.2 Å². The number of para-hydroxylation sites is 1. The van der Waals surface area contributed by atoms with Crippen LogP contribution in [0.4, 0.5) is 0 Å². The van der Waals surface area contributed by atoms with E-state index in [9.17, 15) is 0 Å². The maximum atomic E-state index is 7.69. The van der Waals surface area contributed by atoms with E-state index in [4.69, 9.17) is 22.0 Å². The Morgan fingerprint density at radius 2 is 1.33 bits per heavy atom. The zero-order valence-electron chi connectivity index (χ0n) is 46.2. The van der Waals surface area contributed by atoms with E-state index in [-0.39, 0.29) is 48.5 Å². The zero-order chi connectivity index (χ0) is 52.7. The number of imidazole rings is 1. The molecule has 70 heavy (non-hydrogen) atoms. The number of hydrogen-bond acceptors (Lipinski definition) is 4. The predicted octanol–water partition coefficient (Wildman–Crippen LogP) is 17.8. The first-order valence-electron chi connectivity index (χ1n) is 26.6. The second-order valence-electron chi connectivity index (χ2n) is 19.6. The van der Waals surface area contributed by atoms with E-state index in [2.05, 4.69) is 153 Å². The average molecular weight is 1100 g/mol. The maximum absolute atomic E-state index is 7.69. The number of benzene rings is 8. The topological polar surface area (TPSA) is 57.0 Å². The fraction of sp³-hybridized carbons (Fsp3) is 0.188. The number of furan rings is 2. The number of aryl methyl sites for hydroxylation is 2. The summed E-state index contributed by atoms with van der Waals surface area (Å²) in [5, 5.41) is 6.49. The van der Waals surface area contributed by atoms with Gasteiger partial charge in [-0.2, -0.15) is 0 Å². The Labute approximate surface area is 432 Å². The minimum absolute atomic E-state index is 0. The van der Waals surface area contributed by atoms with Gasteiger partial charge in [-0.15, -0.1) is 53.6 Å². The average Bonchev–Trinajstić information content (AvgIpc) is 4.09. The third-order valence-electron chi connectivity index (χ3n) is 13.2. The number of pyridine rings is 1. The van der Waals surface area contributed by atoms with Crippen LogP contribution in [-0.2, 0) is 25.5 Å². The minimum atomic E-state index is -2.23. The molecule has 6 heteroatoms. The molecule has 349 valence electrons. The van der Waals surface area contributed by atoms with Crippen LogP contribution in [-0.4, -0.2) is 14.5 Å². The van der Waals surface area contributed by atoms with Gasteiger partial charge in [0.15, 0.2) is 0 Å². The molecule has 4 heterocycles. The molecule has 0 aliphatic carbocycles. The van der Waals surface area contributed by atoms with E-state index in [0.717, 1.165) is 71.7 Å². The largest absolute Gasteiger partial charge is 0.501 e. The Balaban J connectivity index is 0.000000223. The normalized spacial score (nSPS) is 13.6. The Morgan fingerprint density at radius 1 is 0.629 bits per heavy atom. The second kappa shape index (κ2) is 18.3. The Bertz CT molecular complexity index is 4110. The Kier molecular flexibility index (Phi) is 10.4. The van der Waals surface area contributed by atoms with E-state index in [1.807, 2.05) is 45.0 Å². The van der Waals surface area contributed by atoms with Crippen LogP contribution in [0.5, 0.6) is 0 Å². The van der Waals surface area contributed by atoms with Gasteiger partial charge >= 0.3 is 0 Å². The molecule has 0 amide bonds. The van der Waals surface area contributed by atoms with Crippen molar-refractivity contribution in [3.05, 3.63) is 198 Å². The molecule has 0 saturated heterocycles. The SMILES string of the molecule is CC(C)c1cc(-c2ccccc2)cc(C(C)C)c1-n1c(-c2[c-]ccc3c2oc2cc4c(cc23)oc2ccccc24)nc2ccc3ccccc3c21.[2H]C([2H])([2H])c1c[c-]c(-c2cc(C(C)(C)C)c(C([2H])([2H])[2H])cn2)cc1.[Ir]. The van der Waals surface area contributed by atoms with Gasteiger partial charge in [0.2, 0.25) is 0 Å². The number of fused-ring (bicyclic) bond motifs is 9. The molecule has 8 aromatic carbocycles. The molecule has 0 unspecified atom stereocenters. The molecule has 0 bridgehead atoms. The molecule has 12 rings (SSSR count). The monoisotopic (exact) mass is 1100 g/mol. The summed E-state index contributed by atoms with van der Waals surface area (Å²) in [6.45, 7) is 10.6. The molecule has 5 nitrogen and oxygen atoms in total. The van der Waals surface area contributed by atoms with Crippen molar-refractivity contribution in [2.24, 2.45) is 0 Å². The summed E-state index contributed by atoms with van der Waals surface area (Å²) in [4.78, 5) is 9.70. The number of rotatable bonds is 6. The first-order valence-corrected chi connectivity index (χ1v) is 23.6. The van der Waals surface area contributed by atoms with Crippen molar-refractivity contribution in [3.63, 3.8) is 0 Å². The minimum Gasteiger partial charge on any atom is -0.501 e. The van der Waals surface area contributed by atoms with Crippen molar-refractivity contribution in [1.82, 2.24) is 14.5 Å². The maximum Gasteiger partial charge on any atom is 0.136 e. The van der Waals surface area contributed by atoms with Crippen molar-refractivity contribution in [2.75, 3.05) is 0 Å². The molecule has 0 aliphatic rings. The summed E-state index contributed by atoms with van der Waals surface area (Å²) in [7, 11) is 0. The zero-order valence-corrected chi connectivity index (χ0v) is 42.6. The van der Waals surface area contributed by atoms with E-state index in [0.29, 0.717) is 16.8 Å². The quantitative estimate of drug-likeness (QED) is 0.156. The molecule has 0 saturated carbocycles. The fourth-order valence-corrected chi connectivity index (χ4v) is 9.77. The van der Waals surface area contributed by atoms with Crippen LogP contribution < -0.4 is 0 Å². The van der Waals surface area contributed by atoms with Gasteiger partial charge in [-0.25, -0.2) is 0 Å². The molecular weight excluding hydrogens is 1030 g/mol. The standard InChI is InChI=1S/C47H35N2O2.C17H20N.Ir/c1-27(2)36-23-31(29-13-6-5-7-14-29)24-37(28(3)4)44(36)49-45-32-16-9-8-15-30(32)21-22-40(45)48-47(49)35-19-12-18-34-39-26-42-38(25-43(39)51-46(34)35)33-17-10-11-20-41(33)50-42;1-12-6-8-14(9-7-12)16-10-15(17(3,4)5)13(2)11-18-16;/h5-18,20-28H,1-4H3;6-8,10-11H,1-5H3;/q2*-1;/i;1D3,2D3;. The smallest absolute Gasteiger partial charge is 0.136 e. The van der Waals surface area contributed by atoms with Crippen molar-refractivity contribution in [2.45, 2.75) is 79.4 Å². The van der Waals surface area contributed by atoms with Gasteiger partial charge in [0.05, 0.1) is 22.4 Å². The number of hydrogen-bond donors (Lipinski definition) is 0. The molecular formula is C64H55IrN3O2-2. The van der Waals surface area contributed by atoms with Crippen LogP contribution in [0.1, 0.15) is 96.3 Å². The third-order valence-corrected chi connectivity index (χ3v) is 13.2. The van der Waals surface area contributed by atoms with Crippen molar-refractivity contribution >= 4 is 65.7 Å². The van der Waals surface area contributed by atoms with Crippen molar-refractivity contribution in [3.8, 4) is 39.5 Å². The summed E-state index contributed by atoms with van der Waals surface area (Å²) in [6.07, 6.45) is 1.38. The van der Waals surface area contributed by atoms with Crippen LogP contribution in [0.2, 0.25) is 0 Å². The molecule has 0 N–H and O–H groups in total. The number of nitrogens with zero attached hydrogens (tertiary/aromatic N) is 3. The van der Waals surface area contributed by atoms with E-state index in [1.165, 1.54) is 51.7 Å². The van der Waals surface area contributed by atoms with Gasteiger partial charge in [-0.05, 0) is 105 Å². The second-order valence-corrected chi connectivity index (χ2v) is 19.6. The Morgan fingerprint density at radius 3 is 2.03 bits per heavy atom. The van der Waals surface area contributed by atoms with E-state index < -0.39 is 13.7 Å². The van der Waals surface area contributed by atoms with Crippen LogP contribution >= 0.6 is 0 Å². The summed E-state index contributed by atoms with van der Waals surface area (Å²) in [6, 6.07) is 57.8. The third kappa shape index (κ3) is 8.23. The molecule has 12 aromatic rings. The van der Waals surface area contributed by atoms with Gasteiger partial charge in [0.25, 0.3) is 0 Å². The van der Waals surface area contributed by atoms with Crippen LogP contribution in [0.15, 0.2) is 167 Å². The van der Waals surface area contributed by atoms with Gasteiger partial charge in [-0.1, -0.05) is 151 Å².